The van der Waals surface area contributed by atoms with E-state index in [-0.39, 0.29) is 17.1 Å². The molecule has 2 rings (SSSR count). The quantitative estimate of drug-likeness (QED) is 0.0942. The molecular weight excluding hydrogens is 520 g/mol. The lowest BCUT2D eigenvalue weighted by Gasteiger charge is -2.44. The van der Waals surface area contributed by atoms with Crippen LogP contribution in [0.5, 0.6) is 0 Å². The Labute approximate surface area is 251 Å². The van der Waals surface area contributed by atoms with Crippen molar-refractivity contribution in [1.29, 1.82) is 0 Å². The number of benzene rings is 2. The van der Waals surface area contributed by atoms with E-state index < -0.39 is 8.32 Å². The van der Waals surface area contributed by atoms with Crippen molar-refractivity contribution in [2.24, 2.45) is 0 Å². The Morgan fingerprint density at radius 2 is 1.46 bits per heavy atom. The molecule has 0 N–H and O–H groups in total. The van der Waals surface area contributed by atoms with Crippen LogP contribution in [-0.2, 0) is 14.0 Å². The average Bonchev–Trinajstić information content (AvgIpc) is 2.98. The lowest BCUT2D eigenvalue weighted by atomic mass is 10.1. The van der Waals surface area contributed by atoms with E-state index in [2.05, 4.69) is 123 Å². The van der Waals surface area contributed by atoms with Gasteiger partial charge in [-0.15, -0.1) is 5.92 Å². The standard InChI is InChI=1S/C37H50O3Si/c1-6-7-8-9-14-19-26-33(27-20-15-12-10-11-13-16-25-32-36(38)39-5)40-41(37(2,3)4,34-28-21-17-22-29-34)35-30-23-18-24-31-35/h17-18,20-24,27-31,33H,6-10,14,16,19,25-26,32H2,1-5H3/b27-20+/t33-/m0/s1. The van der Waals surface area contributed by atoms with Gasteiger partial charge in [-0.2, -0.15) is 0 Å². The van der Waals surface area contributed by atoms with Gasteiger partial charge in [0.15, 0.2) is 0 Å². The van der Waals surface area contributed by atoms with Crippen molar-refractivity contribution < 1.29 is 14.0 Å². The zero-order chi connectivity index (χ0) is 29.8. The molecule has 41 heavy (non-hydrogen) atoms. The van der Waals surface area contributed by atoms with Crippen LogP contribution in [-0.4, -0.2) is 27.5 Å². The molecule has 0 aliphatic heterocycles. The zero-order valence-corrected chi connectivity index (χ0v) is 27.0. The van der Waals surface area contributed by atoms with E-state index in [1.165, 1.54) is 49.6 Å². The second kappa shape index (κ2) is 19.1. The Balaban J connectivity index is 2.25. The molecule has 0 aliphatic rings. The van der Waals surface area contributed by atoms with Crippen molar-refractivity contribution in [1.82, 2.24) is 0 Å². The van der Waals surface area contributed by atoms with Gasteiger partial charge in [-0.3, -0.25) is 4.79 Å². The number of esters is 1. The van der Waals surface area contributed by atoms with Crippen molar-refractivity contribution in [3.8, 4) is 23.7 Å². The summed E-state index contributed by atoms with van der Waals surface area (Å²) in [5, 5.41) is 2.53. The predicted octanol–water partition coefficient (Wildman–Crippen LogP) is 7.98. The molecule has 0 amide bonds. The summed E-state index contributed by atoms with van der Waals surface area (Å²) in [7, 11) is -1.24. The van der Waals surface area contributed by atoms with E-state index >= 15 is 0 Å². The van der Waals surface area contributed by atoms with Gasteiger partial charge in [0.1, 0.15) is 0 Å². The molecular formula is C37H50O3Si. The summed E-state index contributed by atoms with van der Waals surface area (Å²) in [6.07, 6.45) is 14.9. The first-order chi connectivity index (χ1) is 19.8. The summed E-state index contributed by atoms with van der Waals surface area (Å²) in [5.74, 6) is 12.3. The SMILES string of the molecule is CCCCCCCC[C@@H](/C=C/C#CCC#CCCCC(=O)OC)O[Si](c1ccccc1)(c1ccccc1)C(C)(C)C. The van der Waals surface area contributed by atoms with Crippen molar-refractivity contribution in [3.63, 3.8) is 0 Å². The van der Waals surface area contributed by atoms with Crippen molar-refractivity contribution in [2.45, 2.75) is 109 Å². The molecule has 0 heterocycles. The van der Waals surface area contributed by atoms with Gasteiger partial charge in [0.05, 0.1) is 19.6 Å². The van der Waals surface area contributed by atoms with Gasteiger partial charge < -0.3 is 9.16 Å². The minimum atomic E-state index is -2.65. The molecule has 0 aromatic heterocycles. The van der Waals surface area contributed by atoms with E-state index in [1.807, 2.05) is 6.08 Å². The van der Waals surface area contributed by atoms with Crippen LogP contribution >= 0.6 is 0 Å². The Hall–Kier alpha value is -3.05. The van der Waals surface area contributed by atoms with E-state index in [4.69, 9.17) is 4.43 Å². The normalized spacial score (nSPS) is 12.2. The maximum absolute atomic E-state index is 11.2. The molecule has 0 aliphatic carbocycles. The summed E-state index contributed by atoms with van der Waals surface area (Å²) in [6, 6.07) is 21.7. The Bertz CT molecular complexity index is 1120. The fourth-order valence-corrected chi connectivity index (χ4v) is 9.79. The number of methoxy groups -OCH3 is 1. The number of allylic oxidation sites excluding steroid dienone is 1. The second-order valence-electron chi connectivity index (χ2n) is 11.5. The molecule has 4 heteroatoms. The van der Waals surface area contributed by atoms with Crippen LogP contribution in [0.2, 0.25) is 5.04 Å². The number of unbranched alkanes of at least 4 members (excludes halogenated alkanes) is 6. The minimum Gasteiger partial charge on any atom is -0.469 e. The molecule has 0 spiro atoms. The van der Waals surface area contributed by atoms with Crippen LogP contribution in [0.15, 0.2) is 72.8 Å². The molecule has 0 fully saturated rings. The first-order valence-corrected chi connectivity index (χ1v) is 17.2. The summed E-state index contributed by atoms with van der Waals surface area (Å²) in [4.78, 5) is 11.2. The molecule has 0 bridgehead atoms. The van der Waals surface area contributed by atoms with E-state index in [9.17, 15) is 4.79 Å². The van der Waals surface area contributed by atoms with Gasteiger partial charge in [-0.05, 0) is 40.4 Å². The fraction of sp³-hybridized carbons (Fsp3) is 0.486. The molecule has 1 atom stereocenters. The maximum atomic E-state index is 11.2. The third kappa shape index (κ3) is 11.8. The lowest BCUT2D eigenvalue weighted by molar-refractivity contribution is -0.140. The summed E-state index contributed by atoms with van der Waals surface area (Å²) in [6.45, 7) is 9.24. The zero-order valence-electron chi connectivity index (χ0n) is 26.0. The number of hydrogen-bond acceptors (Lipinski definition) is 3. The summed E-state index contributed by atoms with van der Waals surface area (Å²) in [5.41, 5.74) is 0. The van der Waals surface area contributed by atoms with Gasteiger partial charge >= 0.3 is 5.97 Å². The van der Waals surface area contributed by atoms with Crippen molar-refractivity contribution in [2.75, 3.05) is 7.11 Å². The molecule has 2 aromatic carbocycles. The van der Waals surface area contributed by atoms with Gasteiger partial charge in [0, 0.05) is 12.8 Å². The van der Waals surface area contributed by atoms with Gasteiger partial charge in [0.25, 0.3) is 8.32 Å². The van der Waals surface area contributed by atoms with Crippen molar-refractivity contribution >= 4 is 24.7 Å². The number of carbonyl (C=O) groups excluding carboxylic acids is 1. The van der Waals surface area contributed by atoms with Crippen LogP contribution in [0.4, 0.5) is 0 Å². The minimum absolute atomic E-state index is 0.0221. The molecule has 3 nitrogen and oxygen atoms in total. The van der Waals surface area contributed by atoms with E-state index in [1.54, 1.807) is 0 Å². The number of carbonyl (C=O) groups is 1. The van der Waals surface area contributed by atoms with Crippen LogP contribution in [0, 0.1) is 23.7 Å². The predicted molar refractivity (Wildman–Crippen MR) is 176 cm³/mol. The first kappa shape index (κ1) is 34.1. The monoisotopic (exact) mass is 570 g/mol. The molecule has 0 saturated carbocycles. The highest BCUT2D eigenvalue weighted by Crippen LogP contribution is 2.38. The van der Waals surface area contributed by atoms with Crippen LogP contribution in [0.25, 0.3) is 0 Å². The molecule has 0 unspecified atom stereocenters. The Morgan fingerprint density at radius 1 is 0.854 bits per heavy atom. The topological polar surface area (TPSA) is 35.5 Å². The smallest absolute Gasteiger partial charge is 0.305 e. The van der Waals surface area contributed by atoms with Crippen LogP contribution in [0.3, 0.4) is 0 Å². The van der Waals surface area contributed by atoms with E-state index in [0.717, 1.165) is 12.8 Å². The second-order valence-corrected chi connectivity index (χ2v) is 15.8. The van der Waals surface area contributed by atoms with Gasteiger partial charge in [-0.25, -0.2) is 0 Å². The Morgan fingerprint density at radius 3 is 2.05 bits per heavy atom. The number of rotatable bonds is 15. The number of hydrogen-bond donors (Lipinski definition) is 0. The van der Waals surface area contributed by atoms with E-state index in [0.29, 0.717) is 25.7 Å². The number of ether oxygens (including phenoxy) is 1. The highest BCUT2D eigenvalue weighted by Gasteiger charge is 2.51. The third-order valence-electron chi connectivity index (χ3n) is 7.30. The van der Waals surface area contributed by atoms with Crippen LogP contribution < -0.4 is 10.4 Å². The molecule has 2 aromatic rings. The first-order valence-electron chi connectivity index (χ1n) is 15.3. The highest BCUT2D eigenvalue weighted by atomic mass is 28.4. The fourth-order valence-electron chi connectivity index (χ4n) is 5.12. The lowest BCUT2D eigenvalue weighted by Crippen LogP contribution is -2.67. The van der Waals surface area contributed by atoms with Gasteiger partial charge in [-0.1, -0.05) is 145 Å². The van der Waals surface area contributed by atoms with Gasteiger partial charge in [0.2, 0.25) is 0 Å². The van der Waals surface area contributed by atoms with Crippen LogP contribution in [0.1, 0.15) is 98.3 Å². The highest BCUT2D eigenvalue weighted by molar-refractivity contribution is 6.99. The van der Waals surface area contributed by atoms with Crippen molar-refractivity contribution in [3.05, 3.63) is 72.8 Å². The maximum Gasteiger partial charge on any atom is 0.305 e. The molecule has 220 valence electrons. The average molecular weight is 571 g/mol. The Kier molecular flexibility index (Phi) is 15.9. The third-order valence-corrected chi connectivity index (χ3v) is 12.4. The summed E-state index contributed by atoms with van der Waals surface area (Å²) < 4.78 is 12.1. The molecule has 0 saturated heterocycles. The molecule has 0 radical (unpaired) electrons. The largest absolute Gasteiger partial charge is 0.469 e. The summed E-state index contributed by atoms with van der Waals surface area (Å²) >= 11 is 0.